The third kappa shape index (κ3) is 4.13. The number of carbonyl (C=O) groups is 1. The number of anilines is 1. The Balaban J connectivity index is 1.73. The molecule has 1 unspecified atom stereocenters. The smallest absolute Gasteiger partial charge is 0.333 e. The normalized spacial score (nSPS) is 13.0. The topological polar surface area (TPSA) is 57.8 Å². The zero-order valence-corrected chi connectivity index (χ0v) is 15.0. The standard InChI is InChI=1S/C17H13ClF3N3OS/c1-9(26-16-23-12-4-2-3-5-13(12)24-16)15(25)22-14-8-10(17(19,20)21)6-7-11(14)18/h2-9H,1H3,(H,22,25)(H,23,24). The number of hydrogen-bond acceptors (Lipinski definition) is 3. The van der Waals surface area contributed by atoms with E-state index < -0.39 is 22.9 Å². The molecule has 3 rings (SSSR count). The van der Waals surface area contributed by atoms with Gasteiger partial charge in [-0.3, -0.25) is 4.79 Å². The zero-order chi connectivity index (χ0) is 18.9. The van der Waals surface area contributed by atoms with Crippen molar-refractivity contribution in [3.8, 4) is 0 Å². The predicted molar refractivity (Wildman–Crippen MR) is 96.5 cm³/mol. The second-order valence-corrected chi connectivity index (χ2v) is 7.24. The molecule has 0 aliphatic rings. The summed E-state index contributed by atoms with van der Waals surface area (Å²) < 4.78 is 38.4. The number of aromatic nitrogens is 2. The van der Waals surface area contributed by atoms with Crippen LogP contribution in [0.2, 0.25) is 5.02 Å². The van der Waals surface area contributed by atoms with E-state index in [1.165, 1.54) is 11.8 Å². The number of carbonyl (C=O) groups excluding carboxylic acids is 1. The highest BCUT2D eigenvalue weighted by atomic mass is 35.5. The Morgan fingerprint density at radius 2 is 2.00 bits per heavy atom. The van der Waals surface area contributed by atoms with Gasteiger partial charge in [-0.05, 0) is 37.3 Å². The molecule has 0 aliphatic carbocycles. The molecule has 0 saturated carbocycles. The van der Waals surface area contributed by atoms with Gasteiger partial charge in [-0.2, -0.15) is 13.2 Å². The maximum Gasteiger partial charge on any atom is 0.416 e. The van der Waals surface area contributed by atoms with E-state index >= 15 is 0 Å². The summed E-state index contributed by atoms with van der Waals surface area (Å²) in [4.78, 5) is 19.8. The molecule has 1 aromatic heterocycles. The number of fused-ring (bicyclic) bond motifs is 1. The Morgan fingerprint density at radius 1 is 1.27 bits per heavy atom. The van der Waals surface area contributed by atoms with E-state index in [4.69, 9.17) is 11.6 Å². The first-order valence-corrected chi connectivity index (χ1v) is 8.79. The van der Waals surface area contributed by atoms with Gasteiger partial charge in [0.1, 0.15) is 0 Å². The number of imidazole rings is 1. The highest BCUT2D eigenvalue weighted by molar-refractivity contribution is 8.00. The molecule has 0 spiro atoms. The van der Waals surface area contributed by atoms with Gasteiger partial charge in [-0.25, -0.2) is 4.98 Å². The second kappa shape index (κ2) is 7.20. The van der Waals surface area contributed by atoms with Crippen molar-refractivity contribution in [2.24, 2.45) is 0 Å². The average molecular weight is 400 g/mol. The van der Waals surface area contributed by atoms with Crippen molar-refractivity contribution >= 4 is 46.0 Å². The number of nitrogens with zero attached hydrogens (tertiary/aromatic N) is 1. The number of amides is 1. The first-order chi connectivity index (χ1) is 12.2. The molecule has 0 saturated heterocycles. The summed E-state index contributed by atoms with van der Waals surface area (Å²) in [6, 6.07) is 10.2. The summed E-state index contributed by atoms with van der Waals surface area (Å²) in [5.74, 6) is -0.475. The second-order valence-electron chi connectivity index (χ2n) is 5.50. The summed E-state index contributed by atoms with van der Waals surface area (Å²) in [7, 11) is 0. The monoisotopic (exact) mass is 399 g/mol. The number of aromatic amines is 1. The van der Waals surface area contributed by atoms with Gasteiger partial charge >= 0.3 is 6.18 Å². The van der Waals surface area contributed by atoms with E-state index in [-0.39, 0.29) is 10.7 Å². The quantitative estimate of drug-likeness (QED) is 0.581. The van der Waals surface area contributed by atoms with Gasteiger partial charge < -0.3 is 10.3 Å². The number of nitrogens with one attached hydrogen (secondary N) is 2. The Kier molecular flexibility index (Phi) is 5.15. The van der Waals surface area contributed by atoms with Gasteiger partial charge in [-0.15, -0.1) is 0 Å². The number of benzene rings is 2. The predicted octanol–water partition coefficient (Wildman–Crippen LogP) is 5.35. The number of para-hydroxylation sites is 2. The fourth-order valence-electron chi connectivity index (χ4n) is 2.24. The summed E-state index contributed by atoms with van der Waals surface area (Å²) >= 11 is 7.07. The Hall–Kier alpha value is -2.19. The van der Waals surface area contributed by atoms with Crippen molar-refractivity contribution in [2.75, 3.05) is 5.32 Å². The minimum absolute atomic E-state index is 0.0345. The van der Waals surface area contributed by atoms with E-state index in [9.17, 15) is 18.0 Å². The van der Waals surface area contributed by atoms with Gasteiger partial charge in [0.15, 0.2) is 5.16 Å². The van der Waals surface area contributed by atoms with Crippen LogP contribution in [-0.4, -0.2) is 21.1 Å². The molecule has 2 aromatic carbocycles. The molecule has 0 bridgehead atoms. The maximum absolute atomic E-state index is 12.8. The van der Waals surface area contributed by atoms with E-state index in [2.05, 4.69) is 15.3 Å². The number of H-pyrrole nitrogens is 1. The molecule has 3 aromatic rings. The van der Waals surface area contributed by atoms with Crippen molar-refractivity contribution in [1.82, 2.24) is 9.97 Å². The number of thioether (sulfide) groups is 1. The molecular weight excluding hydrogens is 387 g/mol. The van der Waals surface area contributed by atoms with Gasteiger partial charge in [0.05, 0.1) is 32.6 Å². The van der Waals surface area contributed by atoms with Gasteiger partial charge in [0.25, 0.3) is 0 Å². The van der Waals surface area contributed by atoms with Crippen molar-refractivity contribution in [1.29, 1.82) is 0 Å². The van der Waals surface area contributed by atoms with Crippen LogP contribution in [0, 0.1) is 0 Å². The zero-order valence-electron chi connectivity index (χ0n) is 13.4. The SMILES string of the molecule is CC(Sc1nc2ccccc2[nH]1)C(=O)Nc1cc(C(F)(F)F)ccc1Cl. The molecule has 0 aliphatic heterocycles. The molecular formula is C17H13ClF3N3OS. The third-order valence-electron chi connectivity index (χ3n) is 3.58. The Bertz CT molecular complexity index is 925. The summed E-state index contributed by atoms with van der Waals surface area (Å²) in [5.41, 5.74) is 0.644. The number of alkyl halides is 3. The van der Waals surface area contributed by atoms with Crippen molar-refractivity contribution in [2.45, 2.75) is 23.5 Å². The largest absolute Gasteiger partial charge is 0.416 e. The summed E-state index contributed by atoms with van der Waals surface area (Å²) in [6.45, 7) is 1.63. The molecule has 9 heteroatoms. The van der Waals surface area contributed by atoms with Crippen molar-refractivity contribution in [3.05, 3.63) is 53.1 Å². The first kappa shape index (κ1) is 18.6. The fourth-order valence-corrected chi connectivity index (χ4v) is 3.22. The molecule has 26 heavy (non-hydrogen) atoms. The van der Waals surface area contributed by atoms with E-state index in [1.54, 1.807) is 6.92 Å². The van der Waals surface area contributed by atoms with Gasteiger partial charge in [-0.1, -0.05) is 35.5 Å². The van der Waals surface area contributed by atoms with E-state index in [0.29, 0.717) is 5.16 Å². The van der Waals surface area contributed by atoms with Crippen molar-refractivity contribution < 1.29 is 18.0 Å². The lowest BCUT2D eigenvalue weighted by atomic mass is 10.2. The van der Waals surface area contributed by atoms with Crippen LogP contribution >= 0.6 is 23.4 Å². The van der Waals surface area contributed by atoms with Crippen LogP contribution < -0.4 is 5.32 Å². The molecule has 136 valence electrons. The minimum atomic E-state index is -4.52. The molecule has 2 N–H and O–H groups in total. The molecule has 1 amide bonds. The van der Waals surface area contributed by atoms with Crippen molar-refractivity contribution in [3.63, 3.8) is 0 Å². The fraction of sp³-hybridized carbons (Fsp3) is 0.176. The van der Waals surface area contributed by atoms with Crippen LogP contribution in [0.3, 0.4) is 0 Å². The van der Waals surface area contributed by atoms with Gasteiger partial charge in [0, 0.05) is 0 Å². The van der Waals surface area contributed by atoms with E-state index in [1.807, 2.05) is 24.3 Å². The molecule has 1 heterocycles. The van der Waals surface area contributed by atoms with Crippen LogP contribution in [0.4, 0.5) is 18.9 Å². The number of halogens is 4. The van der Waals surface area contributed by atoms with Crippen LogP contribution in [0.15, 0.2) is 47.6 Å². The first-order valence-electron chi connectivity index (χ1n) is 7.53. The highest BCUT2D eigenvalue weighted by Gasteiger charge is 2.31. The molecule has 1 atom stereocenters. The third-order valence-corrected chi connectivity index (χ3v) is 4.89. The average Bonchev–Trinajstić information content (AvgIpc) is 2.97. The Morgan fingerprint density at radius 3 is 2.69 bits per heavy atom. The number of rotatable bonds is 4. The lowest BCUT2D eigenvalue weighted by molar-refractivity contribution is -0.137. The molecule has 0 fully saturated rings. The maximum atomic E-state index is 12.8. The number of hydrogen-bond donors (Lipinski definition) is 2. The van der Waals surface area contributed by atoms with Crippen LogP contribution in [0.1, 0.15) is 12.5 Å². The lowest BCUT2D eigenvalue weighted by Crippen LogP contribution is -2.23. The van der Waals surface area contributed by atoms with Crippen LogP contribution in [-0.2, 0) is 11.0 Å². The highest BCUT2D eigenvalue weighted by Crippen LogP contribution is 2.34. The summed E-state index contributed by atoms with van der Waals surface area (Å²) in [5, 5.41) is 2.43. The van der Waals surface area contributed by atoms with Crippen LogP contribution in [0.25, 0.3) is 11.0 Å². The van der Waals surface area contributed by atoms with Crippen LogP contribution in [0.5, 0.6) is 0 Å². The lowest BCUT2D eigenvalue weighted by Gasteiger charge is -2.14. The minimum Gasteiger partial charge on any atom is -0.333 e. The van der Waals surface area contributed by atoms with Gasteiger partial charge in [0.2, 0.25) is 5.91 Å². The molecule has 0 radical (unpaired) electrons. The Labute approximate surface area is 156 Å². The van der Waals surface area contributed by atoms with E-state index in [0.717, 1.165) is 29.2 Å². The summed E-state index contributed by atoms with van der Waals surface area (Å²) in [6.07, 6.45) is -4.52. The molecule has 4 nitrogen and oxygen atoms in total.